The largest absolute Gasteiger partial charge is 0.456 e. The Hall–Kier alpha value is -8.81. The molecule has 64 heavy (non-hydrogen) atoms. The van der Waals surface area contributed by atoms with Gasteiger partial charge in [0.1, 0.15) is 22.3 Å². The fraction of sp³-hybridized carbons (Fsp3) is 0. The number of hydrogen-bond donors (Lipinski definition) is 0. The molecule has 14 rings (SSSR count). The summed E-state index contributed by atoms with van der Waals surface area (Å²) < 4.78 is 17.3. The highest BCUT2D eigenvalue weighted by molar-refractivity contribution is 6.15. The van der Waals surface area contributed by atoms with Gasteiger partial charge in [0.05, 0.1) is 22.1 Å². The first-order chi connectivity index (χ1) is 31.7. The molecule has 0 saturated carbocycles. The highest BCUT2D eigenvalue weighted by Crippen LogP contribution is 2.41. The van der Waals surface area contributed by atoms with E-state index in [1.165, 1.54) is 21.8 Å². The van der Waals surface area contributed by atoms with Gasteiger partial charge < -0.3 is 13.4 Å². The number of nitrogens with zero attached hydrogens (tertiary/aromatic N) is 5. The van der Waals surface area contributed by atoms with Gasteiger partial charge in [-0.3, -0.25) is 4.57 Å². The summed E-state index contributed by atoms with van der Waals surface area (Å²) in [5.41, 5.74) is 12.7. The fourth-order valence-corrected chi connectivity index (χ4v) is 10.0. The Morgan fingerprint density at radius 3 is 1.31 bits per heavy atom. The minimum atomic E-state index is 0.517. The topological polar surface area (TPSA) is 74.8 Å². The van der Waals surface area contributed by atoms with Crippen molar-refractivity contribution in [3.05, 3.63) is 200 Å². The quantitative estimate of drug-likeness (QED) is 0.173. The van der Waals surface area contributed by atoms with Crippen LogP contribution in [0.25, 0.3) is 133 Å². The zero-order valence-corrected chi connectivity index (χ0v) is 34.1. The zero-order valence-electron chi connectivity index (χ0n) is 34.1. The van der Waals surface area contributed by atoms with Gasteiger partial charge in [-0.1, -0.05) is 127 Å². The Labute approximate surface area is 364 Å². The van der Waals surface area contributed by atoms with Crippen molar-refractivity contribution in [1.29, 1.82) is 0 Å². The molecule has 0 aliphatic rings. The lowest BCUT2D eigenvalue weighted by molar-refractivity contribution is 0.668. The number of rotatable bonds is 5. The van der Waals surface area contributed by atoms with Crippen molar-refractivity contribution in [3.63, 3.8) is 0 Å². The van der Waals surface area contributed by atoms with E-state index in [0.29, 0.717) is 17.6 Å². The number of fused-ring (bicyclic) bond motifs is 12. The van der Waals surface area contributed by atoms with Crippen LogP contribution >= 0.6 is 0 Å². The molecule has 14 aromatic rings. The van der Waals surface area contributed by atoms with Crippen LogP contribution < -0.4 is 0 Å². The van der Waals surface area contributed by atoms with Gasteiger partial charge in [0.25, 0.3) is 0 Å². The van der Waals surface area contributed by atoms with E-state index in [1.807, 2.05) is 60.7 Å². The molecule has 0 spiro atoms. The SMILES string of the molecule is c1ccc(-n2c3ccccc3c3cc(-c4ccc5c(c4)c4ccccc4n5-c4nc(-c5cccc6oc7ccccc7c56)nc(-c5cccc6oc7ccccc7c56)n4)ccc32)cc1. The van der Waals surface area contributed by atoms with Crippen molar-refractivity contribution in [2.75, 3.05) is 0 Å². The van der Waals surface area contributed by atoms with E-state index < -0.39 is 0 Å². The number of hydrogen-bond acceptors (Lipinski definition) is 5. The number of para-hydroxylation sites is 5. The number of aromatic nitrogens is 5. The van der Waals surface area contributed by atoms with Gasteiger partial charge in [-0.05, 0) is 83.9 Å². The molecule has 298 valence electrons. The molecule has 0 fully saturated rings. The maximum absolute atomic E-state index is 6.37. The molecule has 5 aromatic heterocycles. The Bertz CT molecular complexity index is 4080. The summed E-state index contributed by atoms with van der Waals surface area (Å²) in [7, 11) is 0. The molecule has 5 heterocycles. The second-order valence-electron chi connectivity index (χ2n) is 16.3. The lowest BCUT2D eigenvalue weighted by Gasteiger charge is -2.12. The van der Waals surface area contributed by atoms with Crippen molar-refractivity contribution >= 4 is 87.5 Å². The molecule has 0 saturated heterocycles. The van der Waals surface area contributed by atoms with Gasteiger partial charge >= 0.3 is 0 Å². The second-order valence-corrected chi connectivity index (χ2v) is 16.3. The maximum Gasteiger partial charge on any atom is 0.238 e. The van der Waals surface area contributed by atoms with Crippen molar-refractivity contribution in [2.24, 2.45) is 0 Å². The predicted octanol–water partition coefficient (Wildman–Crippen LogP) is 14.9. The van der Waals surface area contributed by atoms with E-state index in [0.717, 1.165) is 93.6 Å². The molecule has 9 aromatic carbocycles. The lowest BCUT2D eigenvalue weighted by atomic mass is 10.0. The van der Waals surface area contributed by atoms with E-state index >= 15 is 0 Å². The standard InChI is InChI=1S/C57H33N5O2/c1-2-14-36(15-3-1)61-45-22-8-4-16-37(45)43-32-34(28-30-47(43)61)35-29-31-48-44(33-35)38-17-5-9-23-46(38)62(48)57-59-55(41-20-12-26-51-53(41)39-18-6-10-24-49(39)63-51)58-56(60-57)42-21-13-27-52-54(42)40-19-7-11-25-50(40)64-52/h1-33H. The van der Waals surface area contributed by atoms with E-state index in [4.69, 9.17) is 23.8 Å². The summed E-state index contributed by atoms with van der Waals surface area (Å²) in [6.45, 7) is 0. The van der Waals surface area contributed by atoms with E-state index in [1.54, 1.807) is 0 Å². The molecule has 7 heteroatoms. The third-order valence-electron chi connectivity index (χ3n) is 12.8. The number of benzene rings is 9. The normalized spacial score (nSPS) is 12.1. The summed E-state index contributed by atoms with van der Waals surface area (Å²) in [6, 6.07) is 69.8. The molecule has 0 aliphatic heterocycles. The summed E-state index contributed by atoms with van der Waals surface area (Å²) in [6.07, 6.45) is 0. The molecular weight excluding hydrogens is 787 g/mol. The van der Waals surface area contributed by atoms with Crippen LogP contribution in [0.3, 0.4) is 0 Å². The Kier molecular flexibility index (Phi) is 7.27. The van der Waals surface area contributed by atoms with Crippen LogP contribution in [0.1, 0.15) is 0 Å². The Morgan fingerprint density at radius 1 is 0.312 bits per heavy atom. The predicted molar refractivity (Wildman–Crippen MR) is 259 cm³/mol. The molecular formula is C57H33N5O2. The first-order valence-electron chi connectivity index (χ1n) is 21.4. The highest BCUT2D eigenvalue weighted by Gasteiger charge is 2.23. The van der Waals surface area contributed by atoms with Crippen LogP contribution in [0.4, 0.5) is 0 Å². The summed E-state index contributed by atoms with van der Waals surface area (Å²) in [5.74, 6) is 1.61. The summed E-state index contributed by atoms with van der Waals surface area (Å²) in [4.78, 5) is 16.1. The van der Waals surface area contributed by atoms with Crippen molar-refractivity contribution < 1.29 is 8.83 Å². The smallest absolute Gasteiger partial charge is 0.238 e. The molecule has 0 atom stereocenters. The second kappa shape index (κ2) is 13.3. The molecule has 0 radical (unpaired) electrons. The van der Waals surface area contributed by atoms with E-state index in [2.05, 4.69) is 149 Å². The van der Waals surface area contributed by atoms with Gasteiger partial charge in [0, 0.05) is 59.9 Å². The van der Waals surface area contributed by atoms with E-state index in [9.17, 15) is 0 Å². The Morgan fingerprint density at radius 2 is 0.750 bits per heavy atom. The molecule has 0 aliphatic carbocycles. The third kappa shape index (κ3) is 5.06. The van der Waals surface area contributed by atoms with Crippen LogP contribution in [-0.2, 0) is 0 Å². The molecule has 0 amide bonds. The monoisotopic (exact) mass is 819 g/mol. The average molecular weight is 820 g/mol. The summed E-state index contributed by atoms with van der Waals surface area (Å²) in [5, 5.41) is 8.59. The molecule has 0 bridgehead atoms. The first-order valence-corrected chi connectivity index (χ1v) is 21.4. The van der Waals surface area contributed by atoms with Gasteiger partial charge in [-0.2, -0.15) is 9.97 Å². The number of furan rings is 2. The Balaban J connectivity index is 1.01. The molecule has 0 N–H and O–H groups in total. The molecule has 7 nitrogen and oxygen atoms in total. The maximum atomic E-state index is 6.37. The van der Waals surface area contributed by atoms with Crippen LogP contribution in [0, 0.1) is 0 Å². The zero-order chi connectivity index (χ0) is 41.9. The average Bonchev–Trinajstić information content (AvgIpc) is 4.11. The third-order valence-corrected chi connectivity index (χ3v) is 12.8. The minimum Gasteiger partial charge on any atom is -0.456 e. The first kappa shape index (κ1) is 34.9. The van der Waals surface area contributed by atoms with Gasteiger partial charge in [0.2, 0.25) is 5.95 Å². The molecule has 0 unspecified atom stereocenters. The lowest BCUT2D eigenvalue weighted by Crippen LogP contribution is -2.06. The van der Waals surface area contributed by atoms with Gasteiger partial charge in [-0.25, -0.2) is 4.98 Å². The van der Waals surface area contributed by atoms with Crippen molar-refractivity contribution in [2.45, 2.75) is 0 Å². The fourth-order valence-electron chi connectivity index (χ4n) is 10.0. The van der Waals surface area contributed by atoms with Crippen LogP contribution in [0.15, 0.2) is 209 Å². The van der Waals surface area contributed by atoms with E-state index in [-0.39, 0.29) is 0 Å². The minimum absolute atomic E-state index is 0.517. The summed E-state index contributed by atoms with van der Waals surface area (Å²) >= 11 is 0. The van der Waals surface area contributed by atoms with Crippen molar-refractivity contribution in [3.8, 4) is 45.5 Å². The van der Waals surface area contributed by atoms with Crippen LogP contribution in [0.2, 0.25) is 0 Å². The van der Waals surface area contributed by atoms with Gasteiger partial charge in [-0.15, -0.1) is 0 Å². The van der Waals surface area contributed by atoms with Crippen LogP contribution in [-0.4, -0.2) is 24.1 Å². The van der Waals surface area contributed by atoms with Crippen LogP contribution in [0.5, 0.6) is 0 Å². The van der Waals surface area contributed by atoms with Gasteiger partial charge in [0.15, 0.2) is 11.6 Å². The van der Waals surface area contributed by atoms with Crippen molar-refractivity contribution in [1.82, 2.24) is 24.1 Å². The highest BCUT2D eigenvalue weighted by atomic mass is 16.3.